The van der Waals surface area contributed by atoms with Crippen LogP contribution in [0.4, 0.5) is 5.69 Å². The van der Waals surface area contributed by atoms with Crippen LogP contribution >= 0.6 is 0 Å². The van der Waals surface area contributed by atoms with Crippen molar-refractivity contribution in [2.24, 2.45) is 0 Å². The van der Waals surface area contributed by atoms with Gasteiger partial charge >= 0.3 is 5.97 Å². The molecule has 0 heterocycles. The molecule has 0 spiro atoms. The lowest BCUT2D eigenvalue weighted by Crippen LogP contribution is -2.11. The summed E-state index contributed by atoms with van der Waals surface area (Å²) in [5.41, 5.74) is 0.0791. The molecule has 7 nitrogen and oxygen atoms in total. The molecule has 0 bridgehead atoms. The quantitative estimate of drug-likeness (QED) is 0.0607. The maximum Gasteiger partial charge on any atom is 0.306 e. The Morgan fingerprint density at radius 2 is 1.38 bits per heavy atom. The van der Waals surface area contributed by atoms with Crippen molar-refractivity contribution in [3.8, 4) is 11.5 Å². The first-order valence-electron chi connectivity index (χ1n) is 13.1. The van der Waals surface area contributed by atoms with Gasteiger partial charge in [0.05, 0.1) is 30.8 Å². The first-order chi connectivity index (χ1) is 17.9. The number of nitro groups is 1. The van der Waals surface area contributed by atoms with E-state index < -0.39 is 17.0 Å². The number of hydrogen-bond donors (Lipinski definition) is 0. The summed E-state index contributed by atoms with van der Waals surface area (Å²) in [6.45, 7) is 3.83. The molecular weight excluding hydrogens is 470 g/mol. The summed E-state index contributed by atoms with van der Waals surface area (Å²) in [5, 5.41) is 11.5. The molecular formula is C30H43NO6. The number of esters is 1. The normalized spacial score (nSPS) is 12.6. The highest BCUT2D eigenvalue weighted by Gasteiger charge is 2.25. The van der Waals surface area contributed by atoms with Gasteiger partial charge in [0.15, 0.2) is 11.5 Å². The highest BCUT2D eigenvalue weighted by Crippen LogP contribution is 2.38. The Hall–Kier alpha value is -3.35. The number of nitrogens with zero attached hydrogens (tertiary/aromatic N) is 1. The van der Waals surface area contributed by atoms with Crippen LogP contribution in [-0.2, 0) is 9.53 Å². The van der Waals surface area contributed by atoms with E-state index in [0.717, 1.165) is 25.7 Å². The number of nitro benzene ring substituents is 1. The number of carbonyl (C=O) groups is 1. The van der Waals surface area contributed by atoms with Gasteiger partial charge in [-0.25, -0.2) is 0 Å². The van der Waals surface area contributed by atoms with Crippen molar-refractivity contribution in [1.29, 1.82) is 0 Å². The van der Waals surface area contributed by atoms with Crippen LogP contribution in [0.25, 0.3) is 0 Å². The van der Waals surface area contributed by atoms with Gasteiger partial charge in [0.1, 0.15) is 6.10 Å². The Bertz CT molecular complexity index is 932. The summed E-state index contributed by atoms with van der Waals surface area (Å²) in [6.07, 6.45) is 26.0. The van der Waals surface area contributed by atoms with Gasteiger partial charge < -0.3 is 14.2 Å². The van der Waals surface area contributed by atoms with Crippen molar-refractivity contribution < 1.29 is 23.9 Å². The fourth-order valence-electron chi connectivity index (χ4n) is 3.61. The molecule has 0 saturated carbocycles. The summed E-state index contributed by atoms with van der Waals surface area (Å²) in [7, 11) is 2.85. The zero-order valence-electron chi connectivity index (χ0n) is 22.8. The maximum atomic E-state index is 12.3. The Morgan fingerprint density at radius 3 is 1.89 bits per heavy atom. The average Bonchev–Trinajstić information content (AvgIpc) is 2.89. The average molecular weight is 514 g/mol. The first kappa shape index (κ1) is 31.7. The maximum absolute atomic E-state index is 12.3. The number of methoxy groups -OCH3 is 2. The molecule has 0 saturated heterocycles. The van der Waals surface area contributed by atoms with Gasteiger partial charge in [0, 0.05) is 6.42 Å². The van der Waals surface area contributed by atoms with Crippen LogP contribution in [0.15, 0.2) is 60.7 Å². The van der Waals surface area contributed by atoms with Crippen molar-refractivity contribution in [2.75, 3.05) is 14.2 Å². The number of allylic oxidation sites excluding steroid dienone is 8. The molecule has 1 aromatic carbocycles. The van der Waals surface area contributed by atoms with Crippen molar-refractivity contribution in [3.63, 3.8) is 0 Å². The predicted octanol–water partition coefficient (Wildman–Crippen LogP) is 8.36. The Balaban J connectivity index is 2.30. The fraction of sp³-hybridized carbons (Fsp3) is 0.500. The lowest BCUT2D eigenvalue weighted by atomic mass is 10.1. The van der Waals surface area contributed by atoms with E-state index in [0.29, 0.717) is 12.2 Å². The van der Waals surface area contributed by atoms with Crippen LogP contribution in [0.3, 0.4) is 0 Å². The molecule has 0 amide bonds. The minimum Gasteiger partial charge on any atom is -0.493 e. The third-order valence-corrected chi connectivity index (χ3v) is 5.68. The van der Waals surface area contributed by atoms with Crippen LogP contribution in [-0.4, -0.2) is 25.1 Å². The van der Waals surface area contributed by atoms with Gasteiger partial charge in [0.25, 0.3) is 5.69 Å². The highest BCUT2D eigenvalue weighted by molar-refractivity contribution is 5.70. The third-order valence-electron chi connectivity index (χ3n) is 5.68. The standard InChI is InChI=1S/C30H43NO6/c1-5-6-7-8-9-10-11-12-13-14-15-16-17-18-19-20-21-22-30(32)37-25(2)26-23-28(35-3)29(36-4)24-27(26)31(33)34/h9-10,12-13,15-16,18-19,23-25H,5-8,11,14,17,20-22H2,1-4H3. The number of hydrogen-bond acceptors (Lipinski definition) is 6. The van der Waals surface area contributed by atoms with Crippen LogP contribution in [0.2, 0.25) is 0 Å². The van der Waals surface area contributed by atoms with Crippen LogP contribution < -0.4 is 9.47 Å². The second-order valence-corrected chi connectivity index (χ2v) is 8.64. The van der Waals surface area contributed by atoms with Crippen molar-refractivity contribution in [3.05, 3.63) is 76.4 Å². The second-order valence-electron chi connectivity index (χ2n) is 8.64. The summed E-state index contributed by atoms with van der Waals surface area (Å²) in [5.74, 6) is 0.189. The van der Waals surface area contributed by atoms with Crippen LogP contribution in [0.1, 0.15) is 89.7 Å². The van der Waals surface area contributed by atoms with E-state index in [1.165, 1.54) is 52.0 Å². The van der Waals surface area contributed by atoms with Gasteiger partial charge in [-0.1, -0.05) is 68.4 Å². The number of unbranched alkanes of at least 4 members (excludes halogenated alkanes) is 4. The lowest BCUT2D eigenvalue weighted by Gasteiger charge is -2.16. The Morgan fingerprint density at radius 1 is 0.865 bits per heavy atom. The van der Waals surface area contributed by atoms with E-state index in [9.17, 15) is 14.9 Å². The Labute approximate surface area is 222 Å². The largest absolute Gasteiger partial charge is 0.493 e. The monoisotopic (exact) mass is 513 g/mol. The molecule has 204 valence electrons. The van der Waals surface area contributed by atoms with Gasteiger partial charge in [-0.3, -0.25) is 14.9 Å². The lowest BCUT2D eigenvalue weighted by molar-refractivity contribution is -0.386. The number of rotatable bonds is 19. The third kappa shape index (κ3) is 13.5. The number of ether oxygens (including phenoxy) is 3. The zero-order valence-corrected chi connectivity index (χ0v) is 22.8. The van der Waals surface area contributed by atoms with Crippen molar-refractivity contribution in [2.45, 2.75) is 84.2 Å². The van der Waals surface area contributed by atoms with Gasteiger partial charge in [0.2, 0.25) is 0 Å². The van der Waals surface area contributed by atoms with Crippen molar-refractivity contribution >= 4 is 11.7 Å². The minimum atomic E-state index is -0.788. The van der Waals surface area contributed by atoms with E-state index in [1.54, 1.807) is 6.92 Å². The van der Waals surface area contributed by atoms with E-state index in [2.05, 4.69) is 55.5 Å². The molecule has 7 heteroatoms. The van der Waals surface area contributed by atoms with E-state index in [1.807, 2.05) is 0 Å². The van der Waals surface area contributed by atoms with Gasteiger partial charge in [-0.2, -0.15) is 0 Å². The van der Waals surface area contributed by atoms with Crippen LogP contribution in [0, 0.1) is 10.1 Å². The smallest absolute Gasteiger partial charge is 0.306 e. The molecule has 37 heavy (non-hydrogen) atoms. The summed E-state index contributed by atoms with van der Waals surface area (Å²) in [6, 6.07) is 2.76. The molecule has 0 N–H and O–H groups in total. The fourth-order valence-corrected chi connectivity index (χ4v) is 3.61. The summed E-state index contributed by atoms with van der Waals surface area (Å²) >= 11 is 0. The number of carbonyl (C=O) groups excluding carboxylic acids is 1. The Kier molecular flexibility index (Phi) is 16.9. The molecule has 0 radical (unpaired) electrons. The van der Waals surface area contributed by atoms with Gasteiger partial charge in [-0.15, -0.1) is 0 Å². The second kappa shape index (κ2) is 19.8. The van der Waals surface area contributed by atoms with Gasteiger partial charge in [-0.05, 0) is 57.9 Å². The molecule has 0 aromatic heterocycles. The van der Waals surface area contributed by atoms with E-state index in [-0.39, 0.29) is 23.4 Å². The molecule has 1 rings (SSSR count). The minimum absolute atomic E-state index is 0.181. The SMILES string of the molecule is CCCCCC=CCC=CCC=CCC=CCCCC(=O)OC(C)c1cc(OC)c(OC)cc1[N+](=O)[O-]. The molecule has 1 aromatic rings. The summed E-state index contributed by atoms with van der Waals surface area (Å²) < 4.78 is 15.8. The molecule has 0 fully saturated rings. The van der Waals surface area contributed by atoms with Crippen molar-refractivity contribution in [1.82, 2.24) is 0 Å². The molecule has 1 atom stereocenters. The van der Waals surface area contributed by atoms with Crippen LogP contribution in [0.5, 0.6) is 11.5 Å². The highest BCUT2D eigenvalue weighted by atomic mass is 16.6. The van der Waals surface area contributed by atoms with E-state index in [4.69, 9.17) is 14.2 Å². The first-order valence-corrected chi connectivity index (χ1v) is 13.1. The van der Waals surface area contributed by atoms with E-state index >= 15 is 0 Å². The summed E-state index contributed by atoms with van der Waals surface area (Å²) in [4.78, 5) is 23.2. The molecule has 0 aliphatic heterocycles. The predicted molar refractivity (Wildman–Crippen MR) is 149 cm³/mol. The number of benzene rings is 1. The molecule has 0 aliphatic carbocycles. The zero-order chi connectivity index (χ0) is 27.3. The topological polar surface area (TPSA) is 87.9 Å². The molecule has 0 aliphatic rings. The molecule has 1 unspecified atom stereocenters.